The molecular weight excluding hydrogens is 324 g/mol. The molecule has 0 saturated carbocycles. The Morgan fingerprint density at radius 3 is 2.37 bits per heavy atom. The van der Waals surface area contributed by atoms with Crippen molar-refractivity contribution in [1.29, 1.82) is 0 Å². The van der Waals surface area contributed by atoms with Crippen LogP contribution in [0.4, 0.5) is 0 Å². The van der Waals surface area contributed by atoms with E-state index < -0.39 is 0 Å². The lowest BCUT2D eigenvalue weighted by Crippen LogP contribution is -2.14. The number of fused-ring (bicyclic) bond motifs is 13. The molecular formula is C27H16. The van der Waals surface area contributed by atoms with Crippen molar-refractivity contribution >= 4 is 62.7 Å². The zero-order valence-corrected chi connectivity index (χ0v) is 14.8. The van der Waals surface area contributed by atoms with Crippen LogP contribution in [-0.4, -0.2) is 0 Å². The van der Waals surface area contributed by atoms with Crippen LogP contribution in [0.2, 0.25) is 0 Å². The molecule has 7 rings (SSSR count). The maximum Gasteiger partial charge on any atom is -0.000787 e. The highest BCUT2D eigenvalue weighted by Crippen LogP contribution is 2.39. The molecule has 0 unspecified atom stereocenters. The Kier molecular flexibility index (Phi) is 2.38. The molecule has 124 valence electrons. The molecule has 0 N–H and O–H groups in total. The lowest BCUT2D eigenvalue weighted by Gasteiger charge is -2.17. The Morgan fingerprint density at radius 2 is 1.41 bits per heavy atom. The van der Waals surface area contributed by atoms with Gasteiger partial charge in [-0.05, 0) is 71.4 Å². The first-order chi connectivity index (χ1) is 13.4. The Hall–Kier alpha value is -3.38. The fraction of sp³-hybridized carbons (Fsp3) is 0.0370. The zero-order valence-electron chi connectivity index (χ0n) is 14.8. The van der Waals surface area contributed by atoms with Gasteiger partial charge in [0.05, 0.1) is 0 Å². The van der Waals surface area contributed by atoms with Gasteiger partial charge in [0.1, 0.15) is 0 Å². The van der Waals surface area contributed by atoms with Gasteiger partial charge in [-0.15, -0.1) is 0 Å². The molecule has 3 aliphatic carbocycles. The Morgan fingerprint density at radius 1 is 0.593 bits per heavy atom. The number of allylic oxidation sites excluding steroid dienone is 3. The number of rotatable bonds is 0. The lowest BCUT2D eigenvalue weighted by atomic mass is 9.86. The topological polar surface area (TPSA) is 0 Å². The first-order valence-electron chi connectivity index (χ1n) is 9.61. The normalized spacial score (nSPS) is 15.4. The first kappa shape index (κ1) is 13.8. The summed E-state index contributed by atoms with van der Waals surface area (Å²) in [6.07, 6.45) is 19.2. The second kappa shape index (κ2) is 4.66. The largest absolute Gasteiger partial charge is 0.0795 e. The second-order valence-corrected chi connectivity index (χ2v) is 7.66. The Labute approximate surface area is 156 Å². The van der Waals surface area contributed by atoms with Gasteiger partial charge < -0.3 is 0 Å². The number of hydrogen-bond acceptors (Lipinski definition) is 0. The van der Waals surface area contributed by atoms with Gasteiger partial charge in [0.2, 0.25) is 0 Å². The molecule has 3 aliphatic rings. The van der Waals surface area contributed by atoms with Crippen LogP contribution in [0.25, 0.3) is 62.7 Å². The van der Waals surface area contributed by atoms with E-state index >= 15 is 0 Å². The van der Waals surface area contributed by atoms with Gasteiger partial charge in [0.25, 0.3) is 0 Å². The molecule has 0 spiro atoms. The van der Waals surface area contributed by atoms with E-state index in [0.29, 0.717) is 0 Å². The summed E-state index contributed by atoms with van der Waals surface area (Å²) in [5.74, 6) is 0. The van der Waals surface area contributed by atoms with E-state index in [1.54, 1.807) is 0 Å². The number of hydrogen-bond donors (Lipinski definition) is 0. The lowest BCUT2D eigenvalue weighted by molar-refractivity contribution is 1.30. The SMILES string of the molecule is C1=Cc2ccc3c4ccccc4c4c5c(c6c(c4c3c2=C1)=CC=C6)CC=C5. The van der Waals surface area contributed by atoms with Gasteiger partial charge in [0, 0.05) is 0 Å². The van der Waals surface area contributed by atoms with Crippen molar-refractivity contribution in [2.75, 3.05) is 0 Å². The van der Waals surface area contributed by atoms with Gasteiger partial charge in [0.15, 0.2) is 0 Å². The highest BCUT2D eigenvalue weighted by molar-refractivity contribution is 6.28. The van der Waals surface area contributed by atoms with E-state index in [0.717, 1.165) is 6.42 Å². The summed E-state index contributed by atoms with van der Waals surface area (Å²) in [6.45, 7) is 0. The van der Waals surface area contributed by atoms with Crippen LogP contribution < -0.4 is 10.4 Å². The predicted octanol–water partition coefficient (Wildman–Crippen LogP) is 5.33. The maximum absolute atomic E-state index is 2.34. The van der Waals surface area contributed by atoms with Crippen molar-refractivity contribution in [3.05, 3.63) is 87.3 Å². The second-order valence-electron chi connectivity index (χ2n) is 7.66. The molecule has 4 aromatic carbocycles. The van der Waals surface area contributed by atoms with Gasteiger partial charge in [-0.25, -0.2) is 0 Å². The number of benzene rings is 4. The van der Waals surface area contributed by atoms with E-state index in [4.69, 9.17) is 0 Å². The van der Waals surface area contributed by atoms with Crippen LogP contribution in [0.5, 0.6) is 0 Å². The predicted molar refractivity (Wildman–Crippen MR) is 118 cm³/mol. The van der Waals surface area contributed by atoms with Crippen molar-refractivity contribution in [2.24, 2.45) is 0 Å². The van der Waals surface area contributed by atoms with E-state index in [9.17, 15) is 0 Å². The van der Waals surface area contributed by atoms with Crippen LogP contribution in [0.1, 0.15) is 22.3 Å². The van der Waals surface area contributed by atoms with Crippen LogP contribution >= 0.6 is 0 Å². The summed E-state index contributed by atoms with van der Waals surface area (Å²) in [4.78, 5) is 0. The van der Waals surface area contributed by atoms with Crippen LogP contribution in [0, 0.1) is 0 Å². The molecule has 27 heavy (non-hydrogen) atoms. The average Bonchev–Trinajstić information content (AvgIpc) is 3.46. The Balaban J connectivity index is 1.96. The summed E-state index contributed by atoms with van der Waals surface area (Å²) in [7, 11) is 0. The summed E-state index contributed by atoms with van der Waals surface area (Å²) in [5, 5.41) is 11.1. The molecule has 0 aliphatic heterocycles. The smallest absolute Gasteiger partial charge is 0.000787 e. The third-order valence-corrected chi connectivity index (χ3v) is 6.42. The van der Waals surface area contributed by atoms with Crippen molar-refractivity contribution in [3.8, 4) is 0 Å². The highest BCUT2D eigenvalue weighted by atomic mass is 14.2. The molecule has 0 heteroatoms. The van der Waals surface area contributed by atoms with E-state index in [2.05, 4.69) is 85.0 Å². The average molecular weight is 340 g/mol. The fourth-order valence-corrected chi connectivity index (χ4v) is 5.34. The van der Waals surface area contributed by atoms with Gasteiger partial charge >= 0.3 is 0 Å². The van der Waals surface area contributed by atoms with Crippen molar-refractivity contribution < 1.29 is 0 Å². The highest BCUT2D eigenvalue weighted by Gasteiger charge is 2.22. The molecule has 0 heterocycles. The van der Waals surface area contributed by atoms with E-state index in [1.165, 1.54) is 65.0 Å². The van der Waals surface area contributed by atoms with Gasteiger partial charge in [-0.1, -0.05) is 85.0 Å². The van der Waals surface area contributed by atoms with E-state index in [1.807, 2.05) is 0 Å². The summed E-state index contributed by atoms with van der Waals surface area (Å²) >= 11 is 0. The molecule has 4 aromatic rings. The third-order valence-electron chi connectivity index (χ3n) is 6.42. The molecule has 0 saturated heterocycles. The van der Waals surface area contributed by atoms with Crippen molar-refractivity contribution in [3.63, 3.8) is 0 Å². The minimum Gasteiger partial charge on any atom is -0.0795 e. The van der Waals surface area contributed by atoms with Crippen LogP contribution in [0.15, 0.2) is 54.6 Å². The molecule has 0 radical (unpaired) electrons. The quantitative estimate of drug-likeness (QED) is 0.380. The molecule has 0 bridgehead atoms. The summed E-state index contributed by atoms with van der Waals surface area (Å²) in [6, 6.07) is 13.5. The standard InChI is InChI=1S/C27H16/c1-2-8-21-20(7-1)24-15-14-16-6-3-9-17(16)25(24)27-23-13-5-11-19(23)18-10-4-12-22(18)26(21)27/h1-9,11-15H,10H2. The van der Waals surface area contributed by atoms with Gasteiger partial charge in [-0.2, -0.15) is 0 Å². The fourth-order valence-electron chi connectivity index (χ4n) is 5.34. The summed E-state index contributed by atoms with van der Waals surface area (Å²) < 4.78 is 0. The molecule has 0 nitrogen and oxygen atoms in total. The maximum atomic E-state index is 2.34. The molecule has 0 fully saturated rings. The zero-order chi connectivity index (χ0) is 17.5. The Bertz CT molecular complexity index is 1570. The third kappa shape index (κ3) is 1.56. The van der Waals surface area contributed by atoms with Crippen LogP contribution in [-0.2, 0) is 6.42 Å². The van der Waals surface area contributed by atoms with Crippen molar-refractivity contribution in [2.45, 2.75) is 6.42 Å². The first-order valence-corrected chi connectivity index (χ1v) is 9.61. The summed E-state index contributed by atoms with van der Waals surface area (Å²) in [5.41, 5.74) is 5.66. The monoisotopic (exact) mass is 340 g/mol. The molecule has 0 aromatic heterocycles. The molecule has 0 amide bonds. The van der Waals surface area contributed by atoms with E-state index in [-0.39, 0.29) is 0 Å². The van der Waals surface area contributed by atoms with Crippen LogP contribution in [0.3, 0.4) is 0 Å². The minimum atomic E-state index is 1.04. The minimum absolute atomic E-state index is 1.04. The van der Waals surface area contributed by atoms with Gasteiger partial charge in [-0.3, -0.25) is 0 Å². The van der Waals surface area contributed by atoms with Crippen molar-refractivity contribution in [1.82, 2.24) is 0 Å². The molecule has 0 atom stereocenters.